The molecule has 1 saturated heterocycles. The molecule has 0 saturated carbocycles. The van der Waals surface area contributed by atoms with Gasteiger partial charge in [0.05, 0.1) is 11.5 Å². The Bertz CT molecular complexity index is 1020. The van der Waals surface area contributed by atoms with E-state index in [1.807, 2.05) is 6.07 Å². The molecule has 25 heavy (non-hydrogen) atoms. The smallest absolute Gasteiger partial charge is 0.339 e. The minimum atomic E-state index is -3.01. The summed E-state index contributed by atoms with van der Waals surface area (Å²) in [6.07, 6.45) is 3.11. The predicted molar refractivity (Wildman–Crippen MR) is 91.5 cm³/mol. The van der Waals surface area contributed by atoms with Gasteiger partial charge in [-0.15, -0.1) is 0 Å². The fourth-order valence-electron chi connectivity index (χ4n) is 3.77. The number of carbonyl (C=O) groups excluding carboxylic acids is 1. The maximum absolute atomic E-state index is 12.1. The Hall–Kier alpha value is -2.15. The van der Waals surface area contributed by atoms with Gasteiger partial charge in [0.15, 0.2) is 9.84 Å². The second-order valence-electron chi connectivity index (χ2n) is 6.81. The lowest BCUT2D eigenvalue weighted by Gasteiger charge is -2.09. The highest BCUT2D eigenvalue weighted by molar-refractivity contribution is 7.91. The number of aryl methyl sites for hydroxylation is 1. The lowest BCUT2D eigenvalue weighted by atomic mass is 10.1. The number of rotatable bonds is 3. The summed E-state index contributed by atoms with van der Waals surface area (Å²) in [6, 6.07) is 5.05. The highest BCUT2D eigenvalue weighted by Crippen LogP contribution is 2.30. The summed E-state index contributed by atoms with van der Waals surface area (Å²) in [5, 5.41) is 0.883. The van der Waals surface area contributed by atoms with E-state index in [-0.39, 0.29) is 29.5 Å². The first-order chi connectivity index (χ1) is 11.9. The van der Waals surface area contributed by atoms with Crippen molar-refractivity contribution in [1.82, 2.24) is 0 Å². The van der Waals surface area contributed by atoms with E-state index in [1.165, 1.54) is 0 Å². The molecule has 1 aliphatic heterocycles. The second kappa shape index (κ2) is 5.98. The number of benzene rings is 1. The van der Waals surface area contributed by atoms with Gasteiger partial charge in [-0.3, -0.25) is 4.79 Å². The normalized spacial score (nSPS) is 21.4. The number of fused-ring (bicyclic) bond motifs is 3. The molecule has 0 bridgehead atoms. The quantitative estimate of drug-likeness (QED) is 0.471. The van der Waals surface area contributed by atoms with E-state index in [9.17, 15) is 18.0 Å². The van der Waals surface area contributed by atoms with Crippen LogP contribution in [-0.2, 0) is 27.5 Å². The van der Waals surface area contributed by atoms with Crippen molar-refractivity contribution in [2.45, 2.75) is 32.1 Å². The average molecular weight is 362 g/mol. The molecular formula is C18H18O6S. The summed E-state index contributed by atoms with van der Waals surface area (Å²) in [7, 11) is -3.01. The molecular weight excluding hydrogens is 344 g/mol. The van der Waals surface area contributed by atoms with E-state index in [0.29, 0.717) is 17.8 Å². The summed E-state index contributed by atoms with van der Waals surface area (Å²) in [5.41, 5.74) is 1.87. The Kier molecular flexibility index (Phi) is 3.91. The minimum absolute atomic E-state index is 0.0425. The van der Waals surface area contributed by atoms with Crippen LogP contribution in [0, 0.1) is 5.92 Å². The van der Waals surface area contributed by atoms with E-state index >= 15 is 0 Å². The van der Waals surface area contributed by atoms with Gasteiger partial charge in [-0.1, -0.05) is 0 Å². The molecule has 4 rings (SSSR count). The molecule has 2 aliphatic rings. The Balaban J connectivity index is 1.53. The highest BCUT2D eigenvalue weighted by atomic mass is 32.2. The average Bonchev–Trinajstić information content (AvgIpc) is 3.14. The third-order valence-corrected chi connectivity index (χ3v) is 6.80. The van der Waals surface area contributed by atoms with Crippen LogP contribution in [0.4, 0.5) is 0 Å². The molecule has 1 aromatic heterocycles. The van der Waals surface area contributed by atoms with Gasteiger partial charge in [-0.2, -0.15) is 0 Å². The third kappa shape index (κ3) is 3.20. The van der Waals surface area contributed by atoms with E-state index in [0.717, 1.165) is 35.8 Å². The van der Waals surface area contributed by atoms with Gasteiger partial charge >= 0.3 is 11.6 Å². The van der Waals surface area contributed by atoms with Gasteiger partial charge in [0.25, 0.3) is 0 Å². The number of esters is 1. The molecule has 1 aromatic carbocycles. The van der Waals surface area contributed by atoms with Gasteiger partial charge in [0, 0.05) is 23.4 Å². The second-order valence-corrected chi connectivity index (χ2v) is 9.03. The Morgan fingerprint density at radius 2 is 2.04 bits per heavy atom. The zero-order chi connectivity index (χ0) is 17.6. The lowest BCUT2D eigenvalue weighted by Crippen LogP contribution is -2.15. The van der Waals surface area contributed by atoms with Gasteiger partial charge in [-0.25, -0.2) is 13.2 Å². The molecule has 6 nitrogen and oxygen atoms in total. The van der Waals surface area contributed by atoms with E-state index < -0.39 is 15.8 Å². The number of ether oxygens (including phenoxy) is 1. The number of sulfone groups is 1. The molecule has 1 fully saturated rings. The molecule has 7 heteroatoms. The Morgan fingerprint density at radius 3 is 2.80 bits per heavy atom. The van der Waals surface area contributed by atoms with Crippen LogP contribution in [0.3, 0.4) is 0 Å². The zero-order valence-electron chi connectivity index (χ0n) is 13.6. The van der Waals surface area contributed by atoms with Gasteiger partial charge in [0.1, 0.15) is 11.3 Å². The van der Waals surface area contributed by atoms with Gasteiger partial charge in [0.2, 0.25) is 0 Å². The summed E-state index contributed by atoms with van der Waals surface area (Å²) in [4.78, 5) is 24.1. The van der Waals surface area contributed by atoms with E-state index in [4.69, 9.17) is 9.15 Å². The maximum Gasteiger partial charge on any atom is 0.339 e. The summed E-state index contributed by atoms with van der Waals surface area (Å²) in [6.45, 7) is 0. The van der Waals surface area contributed by atoms with Crippen molar-refractivity contribution >= 4 is 26.8 Å². The lowest BCUT2D eigenvalue weighted by molar-refractivity contribution is -0.135. The Labute approximate surface area is 144 Å². The molecule has 2 aromatic rings. The fourth-order valence-corrected chi connectivity index (χ4v) is 5.63. The van der Waals surface area contributed by atoms with Crippen LogP contribution >= 0.6 is 0 Å². The van der Waals surface area contributed by atoms with Crippen molar-refractivity contribution in [2.75, 3.05) is 11.5 Å². The van der Waals surface area contributed by atoms with Gasteiger partial charge < -0.3 is 9.15 Å². The molecule has 0 radical (unpaired) electrons. The van der Waals surface area contributed by atoms with Crippen LogP contribution in [0.2, 0.25) is 0 Å². The van der Waals surface area contributed by atoms with Gasteiger partial charge in [-0.05, 0) is 49.3 Å². The monoisotopic (exact) mass is 362 g/mol. The van der Waals surface area contributed by atoms with Crippen molar-refractivity contribution in [2.24, 2.45) is 5.92 Å². The van der Waals surface area contributed by atoms with Crippen LogP contribution in [-0.4, -0.2) is 25.9 Å². The maximum atomic E-state index is 12.1. The molecule has 0 spiro atoms. The number of carbonyl (C=O) groups is 1. The summed E-state index contributed by atoms with van der Waals surface area (Å²) in [5.74, 6) is -0.165. The first kappa shape index (κ1) is 16.3. The first-order valence-electron chi connectivity index (χ1n) is 8.41. The Morgan fingerprint density at radius 1 is 1.24 bits per heavy atom. The molecule has 132 valence electrons. The zero-order valence-corrected chi connectivity index (χ0v) is 14.4. The molecule has 1 atom stereocenters. The molecule has 0 amide bonds. The highest BCUT2D eigenvalue weighted by Gasteiger charge is 2.30. The van der Waals surface area contributed by atoms with Crippen molar-refractivity contribution in [3.05, 3.63) is 39.7 Å². The van der Waals surface area contributed by atoms with Crippen molar-refractivity contribution < 1.29 is 22.4 Å². The summed E-state index contributed by atoms with van der Waals surface area (Å²) >= 11 is 0. The largest absolute Gasteiger partial charge is 0.426 e. The van der Waals surface area contributed by atoms with Crippen LogP contribution in [0.25, 0.3) is 11.0 Å². The van der Waals surface area contributed by atoms with Crippen molar-refractivity contribution in [3.8, 4) is 5.75 Å². The topological polar surface area (TPSA) is 90.6 Å². The molecule has 1 aliphatic carbocycles. The standard InChI is InChI=1S/C18H18O6S/c19-17(8-11-6-7-25(21,22)10-11)23-12-4-5-14-13-2-1-3-15(13)18(20)24-16(14)9-12/h4-5,9,11H,1-3,6-8,10H2. The number of hydrogen-bond acceptors (Lipinski definition) is 6. The van der Waals surface area contributed by atoms with Crippen LogP contribution < -0.4 is 10.4 Å². The van der Waals surface area contributed by atoms with Crippen LogP contribution in [0.1, 0.15) is 30.4 Å². The third-order valence-electron chi connectivity index (χ3n) is 4.96. The molecule has 2 heterocycles. The van der Waals surface area contributed by atoms with E-state index in [2.05, 4.69) is 0 Å². The minimum Gasteiger partial charge on any atom is -0.426 e. The van der Waals surface area contributed by atoms with Crippen molar-refractivity contribution in [1.29, 1.82) is 0 Å². The van der Waals surface area contributed by atoms with Crippen molar-refractivity contribution in [3.63, 3.8) is 0 Å². The fraction of sp³-hybridized carbons (Fsp3) is 0.444. The predicted octanol–water partition coefficient (Wildman–Crippen LogP) is 2.01. The molecule has 1 unspecified atom stereocenters. The van der Waals surface area contributed by atoms with E-state index in [1.54, 1.807) is 12.1 Å². The summed E-state index contributed by atoms with van der Waals surface area (Å²) < 4.78 is 33.6. The molecule has 0 N–H and O–H groups in total. The van der Waals surface area contributed by atoms with Crippen LogP contribution in [0.15, 0.2) is 27.4 Å². The SMILES string of the molecule is O=C(CC1CCS(=O)(=O)C1)Oc1ccc2c3c(c(=O)oc2c1)CCC3. The number of hydrogen-bond donors (Lipinski definition) is 0. The van der Waals surface area contributed by atoms with Crippen LogP contribution in [0.5, 0.6) is 5.75 Å². The first-order valence-corrected chi connectivity index (χ1v) is 10.2.